The zero-order valence-electron chi connectivity index (χ0n) is 48.8. The van der Waals surface area contributed by atoms with Crippen LogP contribution >= 0.6 is 0 Å². The zero-order chi connectivity index (χ0) is 59.3. The van der Waals surface area contributed by atoms with Crippen molar-refractivity contribution >= 4 is 57.0 Å². The Morgan fingerprint density at radius 1 is 0.788 bits per heavy atom. The van der Waals surface area contributed by atoms with Crippen LogP contribution in [0.25, 0.3) is 32.9 Å². The molecule has 3 atom stereocenters. The lowest BCUT2D eigenvalue weighted by molar-refractivity contribution is -0.136. The van der Waals surface area contributed by atoms with Gasteiger partial charge in [0.05, 0.1) is 35.3 Å². The Hall–Kier alpha value is -7.32. The molecule has 2 aromatic heterocycles. The fourth-order valence-corrected chi connectivity index (χ4v) is 13.9. The van der Waals surface area contributed by atoms with Crippen molar-refractivity contribution in [2.24, 2.45) is 11.8 Å². The predicted molar refractivity (Wildman–Crippen MR) is 313 cm³/mol. The number of terminal acetylenes is 1. The van der Waals surface area contributed by atoms with Gasteiger partial charge >= 0.3 is 12.1 Å². The molecule has 7 aliphatic heterocycles. The molecule has 85 heavy (non-hydrogen) atoms. The van der Waals surface area contributed by atoms with E-state index in [0.29, 0.717) is 70.4 Å². The lowest BCUT2D eigenvalue weighted by Crippen LogP contribution is -2.57. The van der Waals surface area contributed by atoms with E-state index in [0.717, 1.165) is 104 Å². The van der Waals surface area contributed by atoms with Crippen LogP contribution in [0.2, 0.25) is 0 Å². The monoisotopic (exact) mass is 1170 g/mol. The van der Waals surface area contributed by atoms with Crippen molar-refractivity contribution in [2.45, 2.75) is 102 Å². The van der Waals surface area contributed by atoms with E-state index in [1.165, 1.54) is 24.3 Å². The number of anilines is 2. The van der Waals surface area contributed by atoms with Crippen LogP contribution in [0.15, 0.2) is 42.6 Å². The Kier molecular flexibility index (Phi) is 16.5. The maximum atomic E-state index is 17.6. The third kappa shape index (κ3) is 12.0. The molecule has 2 bridgehead atoms. The number of hydrogen-bond donors (Lipinski definition) is 1. The summed E-state index contributed by atoms with van der Waals surface area (Å²) < 4.78 is 72.2. The number of imide groups is 1. The second kappa shape index (κ2) is 24.2. The van der Waals surface area contributed by atoms with Crippen LogP contribution in [0.3, 0.4) is 0 Å². The van der Waals surface area contributed by atoms with Crippen molar-refractivity contribution in [3.05, 3.63) is 76.7 Å². The molecule has 4 amide bonds. The van der Waals surface area contributed by atoms with E-state index in [4.69, 9.17) is 35.3 Å². The first-order chi connectivity index (χ1) is 41.0. The summed E-state index contributed by atoms with van der Waals surface area (Å²) in [6, 6.07) is 8.38. The molecule has 0 aliphatic carbocycles. The summed E-state index contributed by atoms with van der Waals surface area (Å²) >= 11 is 0. The molecule has 9 heterocycles. The Balaban J connectivity index is 0.653. The van der Waals surface area contributed by atoms with Crippen molar-refractivity contribution in [1.29, 1.82) is 0 Å². The summed E-state index contributed by atoms with van der Waals surface area (Å²) in [4.78, 5) is 80.3. The average molecular weight is 1170 g/mol. The Labute approximate surface area is 493 Å². The molecule has 6 fully saturated rings. The number of rotatable bonds is 15. The van der Waals surface area contributed by atoms with E-state index in [1.807, 2.05) is 25.7 Å². The van der Waals surface area contributed by atoms with Gasteiger partial charge in [-0.25, -0.2) is 18.0 Å². The fourth-order valence-electron chi connectivity index (χ4n) is 13.9. The van der Waals surface area contributed by atoms with Crippen molar-refractivity contribution in [2.75, 3.05) is 115 Å². The number of methoxy groups -OCH3 is 1. The zero-order valence-corrected chi connectivity index (χ0v) is 48.8. The number of carbonyl (C=O) groups excluding carboxylic acids is 4. The summed E-state index contributed by atoms with van der Waals surface area (Å²) in [5.74, 6) is 1.29. The van der Waals surface area contributed by atoms with Crippen LogP contribution in [0.1, 0.15) is 93.6 Å². The number of piperazine rings is 2. The number of benzene rings is 3. The number of piperidine rings is 3. The number of ether oxygens (including phenoxy) is 4. The normalized spacial score (nSPS) is 22.1. The van der Waals surface area contributed by atoms with Gasteiger partial charge in [0.25, 0.3) is 5.91 Å². The molecular formula is C63H74F3N11O8. The van der Waals surface area contributed by atoms with Gasteiger partial charge in [0.2, 0.25) is 11.8 Å². The van der Waals surface area contributed by atoms with Crippen LogP contribution in [0, 0.1) is 41.6 Å². The quantitative estimate of drug-likeness (QED) is 0.0632. The minimum atomic E-state index is -0.783. The summed E-state index contributed by atoms with van der Waals surface area (Å²) in [7, 11) is 1.49. The number of halogens is 3. The smallest absolute Gasteiger partial charge is 0.410 e. The van der Waals surface area contributed by atoms with Gasteiger partial charge in [0.1, 0.15) is 46.8 Å². The molecule has 1 N–H and O–H groups in total. The van der Waals surface area contributed by atoms with Crippen LogP contribution in [0.4, 0.5) is 29.5 Å². The first-order valence-corrected chi connectivity index (χ1v) is 30.0. The molecule has 5 aromatic rings. The minimum Gasteiger partial charge on any atom is -0.468 e. The maximum Gasteiger partial charge on any atom is 0.410 e. The highest BCUT2D eigenvalue weighted by Crippen LogP contribution is 2.42. The molecule has 0 saturated carbocycles. The van der Waals surface area contributed by atoms with Gasteiger partial charge in [-0.2, -0.15) is 9.97 Å². The average Bonchev–Trinajstić information content (AvgIpc) is 2.08. The van der Waals surface area contributed by atoms with Crippen molar-refractivity contribution in [1.82, 2.24) is 44.8 Å². The van der Waals surface area contributed by atoms with Crippen LogP contribution in [0.5, 0.6) is 11.8 Å². The van der Waals surface area contributed by atoms with Gasteiger partial charge < -0.3 is 43.4 Å². The van der Waals surface area contributed by atoms with E-state index in [2.05, 4.69) is 40.7 Å². The minimum absolute atomic E-state index is 0.00478. The van der Waals surface area contributed by atoms with Gasteiger partial charge in [-0.05, 0) is 126 Å². The molecule has 0 radical (unpaired) electrons. The highest BCUT2D eigenvalue weighted by atomic mass is 19.1. The third-order valence-electron chi connectivity index (χ3n) is 18.2. The second-order valence-corrected chi connectivity index (χ2v) is 24.9. The number of nitrogens with one attached hydrogen (secondary N) is 1. The fraction of sp³-hybridized carbons (Fsp3) is 0.540. The van der Waals surface area contributed by atoms with Crippen molar-refractivity contribution in [3.8, 4) is 35.4 Å². The standard InChI is InChI=1S/C63H74F3N11O8/c1-6-44-49(64)11-7-40-29-43(84-37-82-5)30-46(53(40)44)56-55(66)57-47(31-67-56)58(75-34-41-8-9-42(35-75)77(41)62(81)85-63(2,3)4)70-61(69-57)83-28-27-71-19-15-38(16-20-71)32-72-23-25-73(26-24-72)33-39-17-21-74(22-18-39)50-12-10-45-48(54(50)65)36-76(60(45)80)51-13-14-52(78)68-59(51)79/h1,7,10-12,29-31,38-39,41-42,51H,8-9,13-28,32-37H2,2-5H3,(H,68,78,79). The van der Waals surface area contributed by atoms with Crippen molar-refractivity contribution < 1.29 is 51.3 Å². The number of nitrogens with zero attached hydrogens (tertiary/aromatic N) is 10. The summed E-state index contributed by atoms with van der Waals surface area (Å²) in [5.41, 5.74) is 0.497. The van der Waals surface area contributed by atoms with Gasteiger partial charge in [-0.3, -0.25) is 34.5 Å². The Morgan fingerprint density at radius 3 is 2.14 bits per heavy atom. The van der Waals surface area contributed by atoms with E-state index >= 15 is 13.2 Å². The molecular weight excluding hydrogens is 1100 g/mol. The number of hydrogen-bond acceptors (Lipinski definition) is 16. The molecule has 22 heteroatoms. The number of aromatic nitrogens is 3. The van der Waals surface area contributed by atoms with Crippen LogP contribution in [-0.4, -0.2) is 193 Å². The number of pyridine rings is 1. The van der Waals surface area contributed by atoms with Crippen molar-refractivity contribution in [3.63, 3.8) is 0 Å². The van der Waals surface area contributed by atoms with Gasteiger partial charge in [-0.15, -0.1) is 6.42 Å². The van der Waals surface area contributed by atoms with E-state index in [9.17, 15) is 19.2 Å². The van der Waals surface area contributed by atoms with Crippen LogP contribution < -0.4 is 24.6 Å². The first kappa shape index (κ1) is 58.1. The first-order valence-electron chi connectivity index (χ1n) is 30.0. The SMILES string of the molecule is C#Cc1c(F)ccc2cc(OCOC)cc(-c3ncc4c(N5CC6CCC(C5)N6C(=O)OC(C)(C)C)nc(OCCN5CCC(CN6CCN(CC7CCN(c8ccc9c(c8F)CN(C8CCC(=O)NC8=O)C9=O)CC7)CC6)CC5)nc4c3F)c12. The Morgan fingerprint density at radius 2 is 1.48 bits per heavy atom. The largest absolute Gasteiger partial charge is 0.468 e. The molecule has 6 saturated heterocycles. The van der Waals surface area contributed by atoms with E-state index < -0.39 is 35.0 Å². The predicted octanol–water partition coefficient (Wildman–Crippen LogP) is 7.20. The molecule has 0 spiro atoms. The lowest BCUT2D eigenvalue weighted by Gasteiger charge is -2.42. The molecule has 450 valence electrons. The maximum absolute atomic E-state index is 17.6. The van der Waals surface area contributed by atoms with Crippen LogP contribution in [-0.2, 0) is 25.6 Å². The number of likely N-dealkylation sites (tertiary alicyclic amines) is 1. The third-order valence-corrected chi connectivity index (χ3v) is 18.2. The highest BCUT2D eigenvalue weighted by Gasteiger charge is 2.46. The van der Waals surface area contributed by atoms with Gasteiger partial charge in [-0.1, -0.05) is 12.0 Å². The molecule has 3 aromatic carbocycles. The highest BCUT2D eigenvalue weighted by molar-refractivity contribution is 6.06. The molecule has 7 aliphatic rings. The number of fused-ring (bicyclic) bond motifs is 5. The number of amides is 4. The Bertz CT molecular complexity index is 3430. The summed E-state index contributed by atoms with van der Waals surface area (Å²) in [6.07, 6.45) is 13.0. The van der Waals surface area contributed by atoms with Gasteiger partial charge in [0.15, 0.2) is 18.4 Å². The van der Waals surface area contributed by atoms with Gasteiger partial charge in [0, 0.05) is 114 Å². The topological polar surface area (TPSA) is 179 Å². The molecule has 12 rings (SSSR count). The van der Waals surface area contributed by atoms with E-state index in [-0.39, 0.29) is 96.7 Å². The summed E-state index contributed by atoms with van der Waals surface area (Å²) in [6.45, 7) is 16.7. The molecule has 19 nitrogen and oxygen atoms in total. The summed E-state index contributed by atoms with van der Waals surface area (Å²) in [5, 5.41) is 3.49. The molecule has 3 unspecified atom stereocenters. The lowest BCUT2D eigenvalue weighted by atomic mass is 9.94. The second-order valence-electron chi connectivity index (χ2n) is 24.9. The number of carbonyl (C=O) groups is 4. The van der Waals surface area contributed by atoms with E-state index in [1.54, 1.807) is 30.3 Å².